The summed E-state index contributed by atoms with van der Waals surface area (Å²) in [6, 6.07) is 17.8. The Morgan fingerprint density at radius 2 is 1.47 bits per heavy atom. The summed E-state index contributed by atoms with van der Waals surface area (Å²) in [6.45, 7) is 8.90. The second kappa shape index (κ2) is 11.4. The zero-order valence-electron chi connectivity index (χ0n) is 18.3. The van der Waals surface area contributed by atoms with Crippen molar-refractivity contribution < 1.29 is 23.6 Å². The van der Waals surface area contributed by atoms with E-state index in [4.69, 9.17) is 14.0 Å². The highest BCUT2D eigenvalue weighted by Crippen LogP contribution is 2.32. The second-order valence-corrected chi connectivity index (χ2v) is 7.64. The van der Waals surface area contributed by atoms with Gasteiger partial charge in [-0.05, 0) is 30.9 Å². The molecule has 0 aliphatic carbocycles. The summed E-state index contributed by atoms with van der Waals surface area (Å²) in [4.78, 5) is 22.8. The fraction of sp³-hybridized carbons (Fsp3) is 0.391. The van der Waals surface area contributed by atoms with Crippen LogP contribution in [-0.4, -0.2) is 19.3 Å². The van der Waals surface area contributed by atoms with Gasteiger partial charge in [-0.15, -0.1) is 0 Å². The molecule has 0 fully saturated rings. The van der Waals surface area contributed by atoms with E-state index in [0.29, 0.717) is 11.7 Å². The molecule has 0 aliphatic rings. The number of carbonyl (C=O) groups excluding carboxylic acids is 2. The van der Waals surface area contributed by atoms with Crippen LogP contribution in [0.5, 0.6) is 5.75 Å². The standard InChI is InChI=1S/C23H30BNO5/c1-16(2)15-22(25-17(3)20-11-7-6-8-12-20)21-13-9-10-14-23(21)30-24(28-18(4)26)29-19(5)27/h6-14,16-17,22,25H,15H2,1-5H3/t17-,22-/m1/s1. The largest absolute Gasteiger partial charge is 0.868 e. The van der Waals surface area contributed by atoms with E-state index < -0.39 is 19.3 Å². The molecular formula is C23H30BNO5. The Hall–Kier alpha value is -2.80. The summed E-state index contributed by atoms with van der Waals surface area (Å²) in [7, 11) is -1.44. The fourth-order valence-electron chi connectivity index (χ4n) is 3.22. The van der Waals surface area contributed by atoms with Gasteiger partial charge in [0.25, 0.3) is 11.9 Å². The van der Waals surface area contributed by atoms with Crippen molar-refractivity contribution in [3.05, 3.63) is 65.7 Å². The lowest BCUT2D eigenvalue weighted by molar-refractivity contribution is -0.139. The first-order valence-corrected chi connectivity index (χ1v) is 10.2. The Labute approximate surface area is 179 Å². The molecule has 6 nitrogen and oxygen atoms in total. The van der Waals surface area contributed by atoms with Gasteiger partial charge >= 0.3 is 7.32 Å². The predicted octanol–water partition coefficient (Wildman–Crippen LogP) is 4.61. The van der Waals surface area contributed by atoms with Crippen molar-refractivity contribution in [3.63, 3.8) is 0 Å². The summed E-state index contributed by atoms with van der Waals surface area (Å²) in [5.74, 6) is -0.291. The normalized spacial score (nSPS) is 12.7. The van der Waals surface area contributed by atoms with Gasteiger partial charge in [-0.25, -0.2) is 0 Å². The highest BCUT2D eigenvalue weighted by molar-refractivity contribution is 6.42. The molecule has 0 saturated carbocycles. The molecule has 0 aromatic heterocycles. The van der Waals surface area contributed by atoms with Crippen molar-refractivity contribution in [2.45, 2.75) is 53.1 Å². The molecule has 7 heteroatoms. The smallest absolute Gasteiger partial charge is 0.489 e. The second-order valence-electron chi connectivity index (χ2n) is 7.64. The van der Waals surface area contributed by atoms with Gasteiger partial charge < -0.3 is 19.3 Å². The minimum Gasteiger partial charge on any atom is -0.489 e. The molecule has 160 valence electrons. The Balaban J connectivity index is 2.30. The van der Waals surface area contributed by atoms with Gasteiger partial charge in [-0.3, -0.25) is 9.59 Å². The van der Waals surface area contributed by atoms with Gasteiger partial charge in [0.05, 0.1) is 0 Å². The summed E-state index contributed by atoms with van der Waals surface area (Å²) >= 11 is 0. The third-order valence-electron chi connectivity index (χ3n) is 4.50. The third-order valence-corrected chi connectivity index (χ3v) is 4.50. The summed E-state index contributed by atoms with van der Waals surface area (Å²) < 4.78 is 15.8. The van der Waals surface area contributed by atoms with Gasteiger partial charge in [-0.1, -0.05) is 62.4 Å². The topological polar surface area (TPSA) is 73.9 Å². The predicted molar refractivity (Wildman–Crippen MR) is 117 cm³/mol. The van der Waals surface area contributed by atoms with E-state index in [1.54, 1.807) is 6.07 Å². The molecule has 0 heterocycles. The van der Waals surface area contributed by atoms with E-state index >= 15 is 0 Å². The van der Waals surface area contributed by atoms with Crippen LogP contribution in [0.15, 0.2) is 54.6 Å². The van der Waals surface area contributed by atoms with E-state index in [0.717, 1.165) is 12.0 Å². The number of benzene rings is 2. The van der Waals surface area contributed by atoms with E-state index in [1.165, 1.54) is 19.4 Å². The lowest BCUT2D eigenvalue weighted by Gasteiger charge is -2.27. The van der Waals surface area contributed by atoms with E-state index in [2.05, 4.69) is 38.2 Å². The zero-order valence-corrected chi connectivity index (χ0v) is 18.3. The molecule has 0 bridgehead atoms. The van der Waals surface area contributed by atoms with Gasteiger partial charge in [0, 0.05) is 31.5 Å². The quantitative estimate of drug-likeness (QED) is 0.576. The van der Waals surface area contributed by atoms with Crippen molar-refractivity contribution in [2.75, 3.05) is 0 Å². The Morgan fingerprint density at radius 1 is 0.900 bits per heavy atom. The molecule has 2 atom stereocenters. The number of para-hydroxylation sites is 1. The maximum Gasteiger partial charge on any atom is 0.868 e. The van der Waals surface area contributed by atoms with Crippen LogP contribution in [0.4, 0.5) is 0 Å². The molecule has 0 radical (unpaired) electrons. The highest BCUT2D eigenvalue weighted by Gasteiger charge is 2.34. The summed E-state index contributed by atoms with van der Waals surface area (Å²) in [5, 5.41) is 3.68. The molecule has 0 saturated heterocycles. The Kier molecular flexibility index (Phi) is 8.93. The van der Waals surface area contributed by atoms with Crippen LogP contribution < -0.4 is 9.97 Å². The molecule has 2 aromatic carbocycles. The number of rotatable bonds is 10. The van der Waals surface area contributed by atoms with Crippen molar-refractivity contribution >= 4 is 19.3 Å². The monoisotopic (exact) mass is 411 g/mol. The minimum atomic E-state index is -1.44. The average molecular weight is 411 g/mol. The maximum absolute atomic E-state index is 11.4. The minimum absolute atomic E-state index is 0.0216. The molecule has 0 amide bonds. The molecule has 30 heavy (non-hydrogen) atoms. The van der Waals surface area contributed by atoms with Crippen molar-refractivity contribution in [2.24, 2.45) is 5.92 Å². The first-order chi connectivity index (χ1) is 14.3. The lowest BCUT2D eigenvalue weighted by Crippen LogP contribution is -2.35. The fourth-order valence-corrected chi connectivity index (χ4v) is 3.22. The van der Waals surface area contributed by atoms with Crippen molar-refractivity contribution in [3.8, 4) is 5.75 Å². The molecular weight excluding hydrogens is 381 g/mol. The lowest BCUT2D eigenvalue weighted by atomic mass is 9.94. The van der Waals surface area contributed by atoms with Gasteiger partial charge in [0.2, 0.25) is 0 Å². The van der Waals surface area contributed by atoms with Crippen LogP contribution in [0.3, 0.4) is 0 Å². The van der Waals surface area contributed by atoms with Gasteiger partial charge in [0.1, 0.15) is 5.75 Å². The number of carbonyl (C=O) groups is 2. The molecule has 2 aromatic rings. The van der Waals surface area contributed by atoms with Crippen molar-refractivity contribution in [1.82, 2.24) is 5.32 Å². The maximum atomic E-state index is 11.4. The van der Waals surface area contributed by atoms with Crippen LogP contribution in [0, 0.1) is 5.92 Å². The third kappa shape index (κ3) is 7.56. The van der Waals surface area contributed by atoms with E-state index in [-0.39, 0.29) is 12.1 Å². The first-order valence-electron chi connectivity index (χ1n) is 10.2. The summed E-state index contributed by atoms with van der Waals surface area (Å²) in [6.07, 6.45) is 0.864. The van der Waals surface area contributed by atoms with Crippen LogP contribution in [0.1, 0.15) is 64.3 Å². The summed E-state index contributed by atoms with van der Waals surface area (Å²) in [5.41, 5.74) is 2.08. The first kappa shape index (κ1) is 23.5. The number of hydrogen-bond donors (Lipinski definition) is 1. The average Bonchev–Trinajstić information content (AvgIpc) is 2.67. The van der Waals surface area contributed by atoms with Crippen LogP contribution >= 0.6 is 0 Å². The van der Waals surface area contributed by atoms with E-state index in [9.17, 15) is 9.59 Å². The molecule has 2 rings (SSSR count). The van der Waals surface area contributed by atoms with E-state index in [1.807, 2.05) is 36.4 Å². The zero-order chi connectivity index (χ0) is 22.1. The molecule has 0 unspecified atom stereocenters. The molecule has 1 N–H and O–H groups in total. The molecule has 0 aliphatic heterocycles. The van der Waals surface area contributed by atoms with Gasteiger partial charge in [0.15, 0.2) is 0 Å². The van der Waals surface area contributed by atoms with Crippen LogP contribution in [0.2, 0.25) is 0 Å². The van der Waals surface area contributed by atoms with Crippen LogP contribution in [-0.2, 0) is 18.9 Å². The Bertz CT molecular complexity index is 811. The Morgan fingerprint density at radius 3 is 2.03 bits per heavy atom. The van der Waals surface area contributed by atoms with Crippen molar-refractivity contribution in [1.29, 1.82) is 0 Å². The SMILES string of the molecule is CC(=O)OB(OC(C)=O)Oc1ccccc1[C@@H](CC(C)C)N[C@H](C)c1ccccc1. The van der Waals surface area contributed by atoms with Crippen LogP contribution in [0.25, 0.3) is 0 Å². The number of hydrogen-bond acceptors (Lipinski definition) is 6. The molecule has 0 spiro atoms. The van der Waals surface area contributed by atoms with Gasteiger partial charge in [-0.2, -0.15) is 0 Å². The highest BCUT2D eigenvalue weighted by atomic mass is 16.8. The number of nitrogens with one attached hydrogen (secondary N) is 1.